The van der Waals surface area contributed by atoms with Gasteiger partial charge in [-0.2, -0.15) is 18.4 Å². The number of amides is 1. The van der Waals surface area contributed by atoms with Crippen molar-refractivity contribution >= 4 is 34.3 Å². The molecular formula is C28H29ClF3N5O3. The molecule has 0 atom stereocenters. The van der Waals surface area contributed by atoms with Crippen molar-refractivity contribution in [2.45, 2.75) is 50.6 Å². The fraction of sp³-hybridized carbons (Fsp3) is 0.464. The molecule has 1 amide bonds. The van der Waals surface area contributed by atoms with E-state index in [1.807, 2.05) is 0 Å². The van der Waals surface area contributed by atoms with Gasteiger partial charge in [-0.25, -0.2) is 4.98 Å². The summed E-state index contributed by atoms with van der Waals surface area (Å²) in [6.45, 7) is 3.16. The monoisotopic (exact) mass is 575 g/mol. The van der Waals surface area contributed by atoms with Gasteiger partial charge in [-0.15, -0.1) is 0 Å². The molecule has 1 aromatic heterocycles. The fourth-order valence-electron chi connectivity index (χ4n) is 5.22. The van der Waals surface area contributed by atoms with Crippen LogP contribution >= 0.6 is 11.6 Å². The van der Waals surface area contributed by atoms with Crippen LogP contribution < -0.4 is 5.32 Å². The Bertz CT molecular complexity index is 1390. The second kappa shape index (κ2) is 12.0. The highest BCUT2D eigenvalue weighted by molar-refractivity contribution is 6.31. The Morgan fingerprint density at radius 1 is 1.12 bits per heavy atom. The molecule has 2 aliphatic rings. The highest BCUT2D eigenvalue weighted by Crippen LogP contribution is 2.34. The normalized spacial score (nSPS) is 20.4. The number of halogens is 4. The Kier molecular flexibility index (Phi) is 8.49. The van der Waals surface area contributed by atoms with Gasteiger partial charge < -0.3 is 19.4 Å². The standard InChI is InChI=1S/C28H29ClF3N5O3/c29-19-2-8-25-24(13-19)35-26(40-25)16-36-9-11-37(12-10-36)27(38)17-39-22-6-4-20(5-7-22)34-21-3-1-18(15-33)23(14-21)28(30,31)32/h1-3,8,13-14,20,22,34H,4-7,9-12,16-17H2/t20-,22-. The SMILES string of the molecule is N#Cc1ccc(N[C@H]2CC[C@H](OCC(=O)N3CCN(Cc4nc5cc(Cl)ccc5o4)CC3)CC2)cc1C(F)(F)F. The number of benzene rings is 2. The average Bonchev–Trinajstić information content (AvgIpc) is 3.33. The quantitative estimate of drug-likeness (QED) is 0.400. The van der Waals surface area contributed by atoms with Gasteiger partial charge in [0.2, 0.25) is 11.8 Å². The smallest absolute Gasteiger partial charge is 0.417 e. The molecule has 0 bridgehead atoms. The Labute approximate surface area is 234 Å². The van der Waals surface area contributed by atoms with Crippen LogP contribution in [0.15, 0.2) is 40.8 Å². The number of aromatic nitrogens is 1. The van der Waals surface area contributed by atoms with E-state index in [9.17, 15) is 18.0 Å². The lowest BCUT2D eigenvalue weighted by Gasteiger charge is -2.35. The number of fused-ring (bicyclic) bond motifs is 1. The highest BCUT2D eigenvalue weighted by Gasteiger charge is 2.34. The van der Waals surface area contributed by atoms with E-state index in [2.05, 4.69) is 15.2 Å². The van der Waals surface area contributed by atoms with E-state index in [0.717, 1.165) is 11.6 Å². The molecule has 1 N–H and O–H groups in total. The number of nitriles is 1. The van der Waals surface area contributed by atoms with Crippen LogP contribution in [0.4, 0.5) is 18.9 Å². The van der Waals surface area contributed by atoms with E-state index in [1.165, 1.54) is 12.1 Å². The molecular weight excluding hydrogens is 547 g/mol. The van der Waals surface area contributed by atoms with Gasteiger partial charge >= 0.3 is 6.18 Å². The van der Waals surface area contributed by atoms with E-state index in [4.69, 9.17) is 26.0 Å². The summed E-state index contributed by atoms with van der Waals surface area (Å²) in [5.41, 5.74) is 0.428. The number of anilines is 1. The number of piperazine rings is 1. The molecule has 40 heavy (non-hydrogen) atoms. The maximum atomic E-state index is 13.2. The number of alkyl halides is 3. The number of hydrogen-bond acceptors (Lipinski definition) is 7. The van der Waals surface area contributed by atoms with Gasteiger partial charge in [-0.1, -0.05) is 11.6 Å². The molecule has 0 unspecified atom stereocenters. The summed E-state index contributed by atoms with van der Waals surface area (Å²) in [6, 6.07) is 10.6. The number of carbonyl (C=O) groups excluding carboxylic acids is 1. The number of nitrogens with one attached hydrogen (secondary N) is 1. The Balaban J connectivity index is 1.02. The fourth-order valence-corrected chi connectivity index (χ4v) is 5.38. The van der Waals surface area contributed by atoms with Crippen molar-refractivity contribution in [3.8, 4) is 6.07 Å². The van der Waals surface area contributed by atoms with Crippen LogP contribution in [0, 0.1) is 11.3 Å². The van der Waals surface area contributed by atoms with Crippen LogP contribution in [0.25, 0.3) is 11.1 Å². The maximum absolute atomic E-state index is 13.2. The van der Waals surface area contributed by atoms with Crippen molar-refractivity contribution in [2.24, 2.45) is 0 Å². The largest absolute Gasteiger partial charge is 0.439 e. The number of carbonyl (C=O) groups is 1. The number of nitrogens with zero attached hydrogens (tertiary/aromatic N) is 4. The Hall–Kier alpha value is -3.33. The van der Waals surface area contributed by atoms with Gasteiger partial charge in [-0.05, 0) is 62.1 Å². The Morgan fingerprint density at radius 3 is 2.58 bits per heavy atom. The summed E-state index contributed by atoms with van der Waals surface area (Å²) in [5.74, 6) is 0.569. The van der Waals surface area contributed by atoms with E-state index in [-0.39, 0.29) is 24.7 Å². The minimum absolute atomic E-state index is 0.00382. The van der Waals surface area contributed by atoms with E-state index in [1.54, 1.807) is 29.2 Å². The third kappa shape index (κ3) is 6.86. The van der Waals surface area contributed by atoms with E-state index >= 15 is 0 Å². The summed E-state index contributed by atoms with van der Waals surface area (Å²) in [6.07, 6.45) is -1.83. The molecule has 3 aromatic rings. The minimum atomic E-state index is -4.59. The molecule has 2 fully saturated rings. The van der Waals surface area contributed by atoms with Gasteiger partial charge in [0.05, 0.1) is 29.8 Å². The first-order valence-corrected chi connectivity index (χ1v) is 13.6. The number of oxazole rings is 1. The van der Waals surface area contributed by atoms with Crippen LogP contribution in [-0.4, -0.2) is 65.6 Å². The van der Waals surface area contributed by atoms with Crippen molar-refractivity contribution in [3.05, 3.63) is 58.4 Å². The predicted molar refractivity (Wildman–Crippen MR) is 143 cm³/mol. The van der Waals surface area contributed by atoms with Gasteiger partial charge in [0.15, 0.2) is 5.58 Å². The van der Waals surface area contributed by atoms with Gasteiger partial charge in [0.1, 0.15) is 12.1 Å². The second-order valence-corrected chi connectivity index (χ2v) is 10.6. The van der Waals surface area contributed by atoms with Gasteiger partial charge in [-0.3, -0.25) is 9.69 Å². The molecule has 212 valence electrons. The number of hydrogen-bond donors (Lipinski definition) is 1. The lowest BCUT2D eigenvalue weighted by atomic mass is 9.92. The molecule has 12 heteroatoms. The van der Waals surface area contributed by atoms with Crippen molar-refractivity contribution in [1.29, 1.82) is 5.26 Å². The summed E-state index contributed by atoms with van der Waals surface area (Å²) in [7, 11) is 0. The van der Waals surface area contributed by atoms with Crippen LogP contribution in [0.2, 0.25) is 5.02 Å². The topological polar surface area (TPSA) is 94.6 Å². The lowest BCUT2D eigenvalue weighted by Crippen LogP contribution is -2.49. The third-order valence-corrected chi connectivity index (χ3v) is 7.65. The number of rotatable bonds is 7. The molecule has 2 heterocycles. The van der Waals surface area contributed by atoms with Crippen molar-refractivity contribution in [2.75, 3.05) is 38.1 Å². The van der Waals surface area contributed by atoms with Crippen molar-refractivity contribution < 1.29 is 27.1 Å². The zero-order valence-electron chi connectivity index (χ0n) is 21.7. The first-order valence-electron chi connectivity index (χ1n) is 13.2. The molecule has 1 saturated heterocycles. The molecule has 0 spiro atoms. The highest BCUT2D eigenvalue weighted by atomic mass is 35.5. The third-order valence-electron chi connectivity index (χ3n) is 7.41. The predicted octanol–water partition coefficient (Wildman–Crippen LogP) is 5.46. The molecule has 0 radical (unpaired) electrons. The maximum Gasteiger partial charge on any atom is 0.417 e. The summed E-state index contributed by atoms with van der Waals surface area (Å²) >= 11 is 6.02. The molecule has 2 aromatic carbocycles. The van der Waals surface area contributed by atoms with Crippen LogP contribution in [-0.2, 0) is 22.3 Å². The van der Waals surface area contributed by atoms with Crippen LogP contribution in [0.3, 0.4) is 0 Å². The van der Waals surface area contributed by atoms with Crippen LogP contribution in [0.5, 0.6) is 0 Å². The van der Waals surface area contributed by atoms with E-state index in [0.29, 0.717) is 80.6 Å². The van der Waals surface area contributed by atoms with Gasteiger partial charge in [0, 0.05) is 42.9 Å². The Morgan fingerprint density at radius 2 is 1.88 bits per heavy atom. The molecule has 1 aliphatic carbocycles. The zero-order valence-corrected chi connectivity index (χ0v) is 22.5. The first kappa shape index (κ1) is 28.2. The number of ether oxygens (including phenoxy) is 1. The molecule has 5 rings (SSSR count). The summed E-state index contributed by atoms with van der Waals surface area (Å²) in [5, 5.41) is 12.7. The average molecular weight is 576 g/mol. The zero-order chi connectivity index (χ0) is 28.3. The van der Waals surface area contributed by atoms with Gasteiger partial charge in [0.25, 0.3) is 0 Å². The van der Waals surface area contributed by atoms with Crippen molar-refractivity contribution in [1.82, 2.24) is 14.8 Å². The summed E-state index contributed by atoms with van der Waals surface area (Å²) < 4.78 is 51.4. The summed E-state index contributed by atoms with van der Waals surface area (Å²) in [4.78, 5) is 21.2. The van der Waals surface area contributed by atoms with E-state index < -0.39 is 17.3 Å². The molecule has 1 saturated carbocycles. The van der Waals surface area contributed by atoms with Crippen molar-refractivity contribution in [3.63, 3.8) is 0 Å². The molecule has 1 aliphatic heterocycles. The first-order chi connectivity index (χ1) is 19.2. The van der Waals surface area contributed by atoms with Crippen LogP contribution in [0.1, 0.15) is 42.7 Å². The second-order valence-electron chi connectivity index (χ2n) is 10.2. The molecule has 8 nitrogen and oxygen atoms in total. The minimum Gasteiger partial charge on any atom is -0.439 e. The lowest BCUT2D eigenvalue weighted by molar-refractivity contribution is -0.140.